The van der Waals surface area contributed by atoms with Crippen molar-refractivity contribution in [2.45, 2.75) is 0 Å². The molecule has 0 saturated heterocycles. The Bertz CT molecular complexity index is 8.00. The third kappa shape index (κ3) is 8.83. The van der Waals surface area contributed by atoms with Crippen LogP contribution >= 0.6 is 0 Å². The van der Waals surface area contributed by atoms with Gasteiger partial charge < -0.3 is 0 Å². The second-order valence-electron chi connectivity index (χ2n) is 0. The summed E-state index contributed by atoms with van der Waals surface area (Å²) in [6.45, 7) is 0. The predicted molar refractivity (Wildman–Crippen MR) is 5.75 cm³/mol. The maximum Gasteiger partial charge on any atom is 0 e. The normalized spacial score (nSPS) is 0. The second kappa shape index (κ2) is 18.1. The first-order valence-electron chi connectivity index (χ1n) is 0. The summed E-state index contributed by atoms with van der Waals surface area (Å²) >= 11 is 0. The van der Waals surface area contributed by atoms with Crippen molar-refractivity contribution in [1.29, 1.82) is 0 Å². The van der Waals surface area contributed by atoms with Crippen LogP contribution in [-0.4, -0.2) is 17.4 Å². The van der Waals surface area contributed by atoms with Crippen molar-refractivity contribution < 1.29 is 59.3 Å². The third-order valence-electron chi connectivity index (χ3n) is 0. The van der Waals surface area contributed by atoms with E-state index in [0.29, 0.717) is 0 Å². The van der Waals surface area contributed by atoms with Gasteiger partial charge in [0.05, 0.1) is 0 Å². The van der Waals surface area contributed by atoms with E-state index in [-0.39, 0.29) is 76.6 Å². The molecule has 0 saturated carbocycles. The molecule has 4 heteroatoms. The molecule has 0 aliphatic heterocycles. The molecule has 0 aromatic carbocycles. The van der Waals surface area contributed by atoms with E-state index in [1.807, 2.05) is 0 Å². The summed E-state index contributed by atoms with van der Waals surface area (Å²) in [6, 6.07) is 0. The van der Waals surface area contributed by atoms with Gasteiger partial charge in [-0.25, -0.2) is 0 Å². The van der Waals surface area contributed by atoms with Crippen LogP contribution in [0.25, 0.3) is 0 Å². The molecule has 0 aromatic rings. The Morgan fingerprint density at radius 1 is 1.00 bits per heavy atom. The van der Waals surface area contributed by atoms with Crippen LogP contribution in [0.3, 0.4) is 0 Å². The molecule has 0 heterocycles. The Hall–Kier alpha value is 2.43. The standard InChI is InChI=1S/Al.Mo.Ni.Ti. The molecule has 0 rings (SSSR count). The predicted octanol–water partition coefficient (Wildman–Crippen LogP) is -0.388. The van der Waals surface area contributed by atoms with Gasteiger partial charge in [-0.15, -0.1) is 0 Å². The molecule has 23 valence electrons. The minimum atomic E-state index is 0. The molecule has 0 N–H and O–H groups in total. The second-order valence-corrected chi connectivity index (χ2v) is 0. The van der Waals surface area contributed by atoms with Gasteiger partial charge in [0.1, 0.15) is 0 Å². The van der Waals surface area contributed by atoms with Crippen molar-refractivity contribution in [3.63, 3.8) is 0 Å². The maximum absolute atomic E-state index is 0. The van der Waals surface area contributed by atoms with E-state index in [0.717, 1.165) is 0 Å². The molecule has 3 radical (unpaired) electrons. The van der Waals surface area contributed by atoms with Gasteiger partial charge in [0.2, 0.25) is 0 Å². The smallest absolute Gasteiger partial charge is 0 e. The van der Waals surface area contributed by atoms with Gasteiger partial charge in [-0.2, -0.15) is 0 Å². The average molecular weight is 229 g/mol. The number of hydrogen-bond donors (Lipinski definition) is 0. The van der Waals surface area contributed by atoms with Crippen molar-refractivity contribution in [1.82, 2.24) is 0 Å². The van der Waals surface area contributed by atoms with Crippen LogP contribution in [0.2, 0.25) is 0 Å². The van der Waals surface area contributed by atoms with E-state index < -0.39 is 0 Å². The van der Waals surface area contributed by atoms with Crippen LogP contribution in [0.5, 0.6) is 0 Å². The van der Waals surface area contributed by atoms with E-state index in [2.05, 4.69) is 0 Å². The summed E-state index contributed by atoms with van der Waals surface area (Å²) in [5.41, 5.74) is 0. The van der Waals surface area contributed by atoms with Gasteiger partial charge in [-0.1, -0.05) is 0 Å². The van der Waals surface area contributed by atoms with E-state index in [1.165, 1.54) is 0 Å². The minimum absolute atomic E-state index is 0. The number of rotatable bonds is 0. The van der Waals surface area contributed by atoms with Crippen LogP contribution < -0.4 is 0 Å². The van der Waals surface area contributed by atoms with Crippen molar-refractivity contribution in [3.05, 3.63) is 0 Å². The molecule has 0 unspecified atom stereocenters. The Kier molecular flexibility index (Phi) is 145. The van der Waals surface area contributed by atoms with Crippen LogP contribution in [-0.2, 0) is 59.3 Å². The first-order valence-corrected chi connectivity index (χ1v) is 0. The molecule has 4 heavy (non-hydrogen) atoms. The van der Waals surface area contributed by atoms with Crippen LogP contribution in [0.4, 0.5) is 0 Å². The summed E-state index contributed by atoms with van der Waals surface area (Å²) in [4.78, 5) is 0. The zero-order valence-electron chi connectivity index (χ0n) is 1.80. The zero-order valence-corrected chi connectivity index (χ0v) is 7.51. The maximum atomic E-state index is 0. The van der Waals surface area contributed by atoms with Gasteiger partial charge in [0, 0.05) is 76.6 Å². The molecule has 0 amide bonds. The summed E-state index contributed by atoms with van der Waals surface area (Å²) in [6.07, 6.45) is 0. The Labute approximate surface area is 75.7 Å². The van der Waals surface area contributed by atoms with E-state index in [1.54, 1.807) is 0 Å². The largest absolute Gasteiger partial charge is 0 e. The Morgan fingerprint density at radius 3 is 1.00 bits per heavy atom. The van der Waals surface area contributed by atoms with Crippen LogP contribution in [0, 0.1) is 0 Å². The Morgan fingerprint density at radius 2 is 1.00 bits per heavy atom. The monoisotopic (exact) mass is 231 g/mol. The summed E-state index contributed by atoms with van der Waals surface area (Å²) in [5, 5.41) is 0. The fourth-order valence-electron chi connectivity index (χ4n) is 0. The molecule has 0 aliphatic rings. The van der Waals surface area contributed by atoms with Crippen molar-refractivity contribution in [3.8, 4) is 0 Å². The van der Waals surface area contributed by atoms with Gasteiger partial charge in [0.15, 0.2) is 0 Å². The molecular weight excluding hydrogens is 229 g/mol. The summed E-state index contributed by atoms with van der Waals surface area (Å²) < 4.78 is 0. The Balaban J connectivity index is 0. The summed E-state index contributed by atoms with van der Waals surface area (Å²) in [7, 11) is 0. The minimum Gasteiger partial charge on any atom is 0 e. The molecule has 0 aromatic heterocycles. The molecule has 0 aliphatic carbocycles. The van der Waals surface area contributed by atoms with Gasteiger partial charge in [-0.05, 0) is 0 Å². The van der Waals surface area contributed by atoms with Gasteiger partial charge in [0.25, 0.3) is 0 Å². The molecule has 0 spiro atoms. The van der Waals surface area contributed by atoms with E-state index in [4.69, 9.17) is 0 Å². The quantitative estimate of drug-likeness (QED) is 0.497. The van der Waals surface area contributed by atoms with E-state index >= 15 is 0 Å². The first-order chi connectivity index (χ1) is 0. The van der Waals surface area contributed by atoms with Crippen molar-refractivity contribution >= 4 is 17.4 Å². The SMILES string of the molecule is [Al].[Mo].[Ni].[Ti]. The van der Waals surface area contributed by atoms with Crippen molar-refractivity contribution in [2.24, 2.45) is 0 Å². The molecule has 0 nitrogen and oxygen atoms in total. The topological polar surface area (TPSA) is 0 Å². The van der Waals surface area contributed by atoms with Crippen LogP contribution in [0.1, 0.15) is 0 Å². The average Bonchev–Trinajstić information content (AvgIpc) is 0. The molecule has 0 atom stereocenters. The first kappa shape index (κ1) is 32.1. The zero-order chi connectivity index (χ0) is 0. The van der Waals surface area contributed by atoms with Crippen molar-refractivity contribution in [2.75, 3.05) is 0 Å². The third-order valence-corrected chi connectivity index (χ3v) is 0. The van der Waals surface area contributed by atoms with Crippen LogP contribution in [0.15, 0.2) is 0 Å². The fourth-order valence-corrected chi connectivity index (χ4v) is 0. The number of hydrogen-bond acceptors (Lipinski definition) is 0. The van der Waals surface area contributed by atoms with Gasteiger partial charge in [-0.3, -0.25) is 0 Å². The summed E-state index contributed by atoms with van der Waals surface area (Å²) in [5.74, 6) is 0. The molecule has 0 bridgehead atoms. The van der Waals surface area contributed by atoms with E-state index in [9.17, 15) is 0 Å². The molecule has 0 fully saturated rings. The van der Waals surface area contributed by atoms with Gasteiger partial charge >= 0.3 is 0 Å². The molecular formula is AlMoNiTi. The fraction of sp³-hybridized carbons (Fsp3) is 0.